The van der Waals surface area contributed by atoms with Crippen LogP contribution in [0.2, 0.25) is 0 Å². The van der Waals surface area contributed by atoms with Crippen LogP contribution in [0.1, 0.15) is 19.8 Å². The van der Waals surface area contributed by atoms with Crippen LogP contribution in [-0.4, -0.2) is 33.5 Å². The van der Waals surface area contributed by atoms with Crippen LogP contribution in [0.4, 0.5) is 0 Å². The van der Waals surface area contributed by atoms with Gasteiger partial charge >= 0.3 is 63.0 Å². The molecule has 1 rings (SSSR count). The molecule has 51 valence electrons. The minimum atomic E-state index is 0.422. The normalized spacial score (nSPS) is 25.4. The van der Waals surface area contributed by atoms with Crippen LogP contribution >= 0.6 is 0 Å². The first-order valence-corrected chi connectivity index (χ1v) is 4.06. The zero-order valence-electron chi connectivity index (χ0n) is 5.46. The van der Waals surface area contributed by atoms with Crippen LogP contribution in [0.15, 0.2) is 4.99 Å². The van der Waals surface area contributed by atoms with E-state index in [4.69, 9.17) is 4.74 Å². The summed E-state index contributed by atoms with van der Waals surface area (Å²) in [6.45, 7) is 2.93. The molecule has 0 spiro atoms. The quantitative estimate of drug-likeness (QED) is 0.589. The third-order valence-corrected chi connectivity index (χ3v) is 1.78. The second-order valence-electron chi connectivity index (χ2n) is 2.15. The van der Waals surface area contributed by atoms with Crippen molar-refractivity contribution in [1.82, 2.24) is 0 Å². The number of nitrogens with zero attached hydrogens (tertiary/aromatic N) is 1. The Kier molecular flexibility index (Phi) is 2.55. The van der Waals surface area contributed by atoms with Crippen molar-refractivity contribution >= 4 is 20.8 Å². The zero-order valence-corrected chi connectivity index (χ0v) is 7.18. The van der Waals surface area contributed by atoms with Crippen LogP contribution in [-0.2, 0) is 4.74 Å². The van der Waals surface area contributed by atoms with E-state index in [1.54, 1.807) is 0 Å². The van der Waals surface area contributed by atoms with Crippen LogP contribution in [0, 0.1) is 0 Å². The Labute approximate surface area is 63.5 Å². The topological polar surface area (TPSA) is 21.6 Å². The standard InChI is InChI=1S/C6H10NOSe/c1-2-3-5-4-8-6(9)7-5/h5H,2-4H2,1H3/t5-/m1/s1. The van der Waals surface area contributed by atoms with Crippen molar-refractivity contribution in [2.24, 2.45) is 4.99 Å². The maximum absolute atomic E-state index is 5.11. The summed E-state index contributed by atoms with van der Waals surface area (Å²) in [6, 6.07) is 0.422. The van der Waals surface area contributed by atoms with E-state index in [1.165, 1.54) is 6.42 Å². The molecule has 0 bridgehead atoms. The summed E-state index contributed by atoms with van der Waals surface area (Å²) in [5.41, 5.74) is 0. The van der Waals surface area contributed by atoms with Gasteiger partial charge in [0, 0.05) is 0 Å². The SMILES string of the molecule is CCC[C@@H]1COC([Se])=N1. The van der Waals surface area contributed by atoms with Gasteiger partial charge in [-0.25, -0.2) is 0 Å². The van der Waals surface area contributed by atoms with Crippen molar-refractivity contribution in [2.75, 3.05) is 6.61 Å². The predicted octanol–water partition coefficient (Wildman–Crippen LogP) is 0.710. The van der Waals surface area contributed by atoms with Crippen molar-refractivity contribution in [1.29, 1.82) is 0 Å². The summed E-state index contributed by atoms with van der Waals surface area (Å²) >= 11 is 2.76. The van der Waals surface area contributed by atoms with Gasteiger partial charge in [0.05, 0.1) is 0 Å². The Bertz CT molecular complexity index is 124. The summed E-state index contributed by atoms with van der Waals surface area (Å²) in [4.78, 5) is 4.95. The Morgan fingerprint density at radius 1 is 1.89 bits per heavy atom. The molecule has 0 aromatic heterocycles. The average molecular weight is 191 g/mol. The Balaban J connectivity index is 2.29. The van der Waals surface area contributed by atoms with Crippen molar-refractivity contribution in [3.63, 3.8) is 0 Å². The van der Waals surface area contributed by atoms with Gasteiger partial charge in [0.25, 0.3) is 0 Å². The molecule has 1 atom stereocenters. The first-order chi connectivity index (χ1) is 4.33. The predicted molar refractivity (Wildman–Crippen MR) is 37.8 cm³/mol. The van der Waals surface area contributed by atoms with Crippen LogP contribution < -0.4 is 0 Å². The summed E-state index contributed by atoms with van der Waals surface area (Å²) in [7, 11) is 0. The van der Waals surface area contributed by atoms with Gasteiger partial charge in [0.15, 0.2) is 0 Å². The number of hydrogen-bond acceptors (Lipinski definition) is 2. The van der Waals surface area contributed by atoms with E-state index in [-0.39, 0.29) is 0 Å². The fraction of sp³-hybridized carbons (Fsp3) is 0.833. The fourth-order valence-corrected chi connectivity index (χ4v) is 1.33. The summed E-state index contributed by atoms with van der Waals surface area (Å²) in [5.74, 6) is 0. The second-order valence-corrected chi connectivity index (χ2v) is 2.88. The van der Waals surface area contributed by atoms with Gasteiger partial charge in [-0.15, -0.1) is 0 Å². The molecule has 0 fully saturated rings. The van der Waals surface area contributed by atoms with E-state index in [1.807, 2.05) is 0 Å². The number of rotatable bonds is 2. The van der Waals surface area contributed by atoms with Gasteiger partial charge in [-0.1, -0.05) is 0 Å². The van der Waals surface area contributed by atoms with Crippen molar-refractivity contribution in [2.45, 2.75) is 25.8 Å². The molecule has 1 aliphatic rings. The molecule has 9 heavy (non-hydrogen) atoms. The molecule has 0 N–H and O–H groups in total. The second kappa shape index (κ2) is 3.23. The number of aliphatic imine (C=N–C) groups is 1. The molecule has 0 aromatic rings. The molecule has 1 heterocycles. The molecular formula is C6H10NOSe. The van der Waals surface area contributed by atoms with E-state index in [2.05, 4.69) is 27.9 Å². The van der Waals surface area contributed by atoms with Crippen LogP contribution in [0.3, 0.4) is 0 Å². The molecule has 3 heteroatoms. The van der Waals surface area contributed by atoms with Gasteiger partial charge in [-0.2, -0.15) is 0 Å². The molecular weight excluding hydrogens is 181 g/mol. The molecule has 0 aliphatic carbocycles. The third kappa shape index (κ3) is 1.99. The molecule has 0 aromatic carbocycles. The summed E-state index contributed by atoms with van der Waals surface area (Å²) in [6.07, 6.45) is 2.33. The van der Waals surface area contributed by atoms with Gasteiger partial charge < -0.3 is 0 Å². The van der Waals surface area contributed by atoms with Gasteiger partial charge in [0.2, 0.25) is 0 Å². The first-order valence-electron chi connectivity index (χ1n) is 3.20. The molecule has 0 amide bonds. The first kappa shape index (κ1) is 7.10. The van der Waals surface area contributed by atoms with E-state index in [0.29, 0.717) is 6.04 Å². The fourth-order valence-electron chi connectivity index (χ4n) is 0.872. The Morgan fingerprint density at radius 2 is 2.67 bits per heavy atom. The Hall–Kier alpha value is -0.0105. The van der Waals surface area contributed by atoms with E-state index < -0.39 is 0 Å². The van der Waals surface area contributed by atoms with E-state index >= 15 is 0 Å². The third-order valence-electron chi connectivity index (χ3n) is 1.31. The van der Waals surface area contributed by atoms with Crippen molar-refractivity contribution in [3.8, 4) is 0 Å². The molecule has 0 saturated carbocycles. The van der Waals surface area contributed by atoms with E-state index in [0.717, 1.165) is 17.8 Å². The number of hydrogen-bond donors (Lipinski definition) is 0. The molecule has 1 radical (unpaired) electrons. The minimum absolute atomic E-state index is 0.422. The van der Waals surface area contributed by atoms with Gasteiger partial charge in [-0.3, -0.25) is 0 Å². The maximum atomic E-state index is 5.11. The van der Waals surface area contributed by atoms with Crippen LogP contribution in [0.25, 0.3) is 0 Å². The molecule has 0 saturated heterocycles. The molecule has 0 unspecified atom stereocenters. The van der Waals surface area contributed by atoms with Gasteiger partial charge in [-0.05, 0) is 0 Å². The van der Waals surface area contributed by atoms with E-state index in [9.17, 15) is 0 Å². The zero-order chi connectivity index (χ0) is 6.69. The van der Waals surface area contributed by atoms with Crippen LogP contribution in [0.5, 0.6) is 0 Å². The molecule has 1 aliphatic heterocycles. The van der Waals surface area contributed by atoms with Gasteiger partial charge in [0.1, 0.15) is 0 Å². The number of ether oxygens (including phenoxy) is 1. The monoisotopic (exact) mass is 192 g/mol. The average Bonchev–Trinajstić information content (AvgIpc) is 2.17. The molecule has 2 nitrogen and oxygen atoms in total. The van der Waals surface area contributed by atoms with Crippen molar-refractivity contribution in [3.05, 3.63) is 0 Å². The van der Waals surface area contributed by atoms with Crippen molar-refractivity contribution < 1.29 is 4.74 Å². The summed E-state index contributed by atoms with van der Waals surface area (Å²) in [5, 5.41) is 0. The summed E-state index contributed by atoms with van der Waals surface area (Å²) < 4.78 is 5.11. The Morgan fingerprint density at radius 3 is 3.11 bits per heavy atom.